The molecule has 0 radical (unpaired) electrons. The molecule has 106 valence electrons. The third kappa shape index (κ3) is 3.27. The van der Waals surface area contributed by atoms with Gasteiger partial charge in [-0.05, 0) is 36.2 Å². The molecule has 0 aliphatic rings. The van der Waals surface area contributed by atoms with Gasteiger partial charge in [0.2, 0.25) is 5.91 Å². The summed E-state index contributed by atoms with van der Waals surface area (Å²) >= 11 is 0. The number of amides is 1. The number of carbonyl (C=O) groups excluding carboxylic acids is 1. The van der Waals surface area contributed by atoms with Gasteiger partial charge in [0.25, 0.3) is 0 Å². The number of aromatic nitrogens is 1. The first-order chi connectivity index (χ1) is 9.61. The van der Waals surface area contributed by atoms with Crippen LogP contribution >= 0.6 is 0 Å². The highest BCUT2D eigenvalue weighted by Crippen LogP contribution is 2.17. The Bertz CT molecular complexity index is 561. The van der Waals surface area contributed by atoms with Gasteiger partial charge in [0.15, 0.2) is 0 Å². The highest BCUT2D eigenvalue weighted by atomic mass is 16.1. The van der Waals surface area contributed by atoms with Crippen LogP contribution in [0.1, 0.15) is 13.8 Å². The largest absolute Gasteiger partial charge is 0.330 e. The zero-order valence-electron chi connectivity index (χ0n) is 11.9. The van der Waals surface area contributed by atoms with Crippen LogP contribution in [0.15, 0.2) is 48.8 Å². The Labute approximate surface area is 119 Å². The lowest BCUT2D eigenvalue weighted by Gasteiger charge is -2.18. The maximum atomic E-state index is 12.2. The summed E-state index contributed by atoms with van der Waals surface area (Å²) < 4.78 is 2.00. The van der Waals surface area contributed by atoms with Crippen molar-refractivity contribution in [2.75, 3.05) is 11.9 Å². The number of nitrogens with two attached hydrogens (primary N) is 1. The normalized spacial score (nSPS) is 12.4. The van der Waals surface area contributed by atoms with E-state index in [1.165, 1.54) is 0 Å². The molecule has 0 saturated carbocycles. The van der Waals surface area contributed by atoms with Crippen molar-refractivity contribution in [1.29, 1.82) is 0 Å². The molecular formula is C16H21N3O. The summed E-state index contributed by atoms with van der Waals surface area (Å²) in [7, 11) is 0. The zero-order chi connectivity index (χ0) is 14.5. The standard InChI is InChI=1S/C16H21N3O/c1-12(2)15(11-17)16(20)18-13-6-5-7-14(10-13)19-8-3-4-9-19/h3-10,12,15H,11,17H2,1-2H3,(H,18,20). The molecule has 0 saturated heterocycles. The third-order valence-corrected chi connectivity index (χ3v) is 3.41. The van der Waals surface area contributed by atoms with Gasteiger partial charge in [-0.15, -0.1) is 0 Å². The Morgan fingerprint density at radius 3 is 2.55 bits per heavy atom. The van der Waals surface area contributed by atoms with Gasteiger partial charge in [0.1, 0.15) is 0 Å². The Balaban J connectivity index is 2.14. The van der Waals surface area contributed by atoms with Crippen molar-refractivity contribution in [3.8, 4) is 5.69 Å². The second-order valence-corrected chi connectivity index (χ2v) is 5.22. The first-order valence-corrected chi connectivity index (χ1v) is 6.86. The second kappa shape index (κ2) is 6.39. The number of nitrogens with one attached hydrogen (secondary N) is 1. The summed E-state index contributed by atoms with van der Waals surface area (Å²) in [6.45, 7) is 4.38. The van der Waals surface area contributed by atoms with Crippen molar-refractivity contribution < 1.29 is 4.79 Å². The highest BCUT2D eigenvalue weighted by molar-refractivity contribution is 5.93. The average Bonchev–Trinajstić information content (AvgIpc) is 2.93. The van der Waals surface area contributed by atoms with Crippen molar-refractivity contribution in [3.05, 3.63) is 48.8 Å². The van der Waals surface area contributed by atoms with Crippen molar-refractivity contribution in [2.45, 2.75) is 13.8 Å². The molecule has 2 aromatic rings. The summed E-state index contributed by atoms with van der Waals surface area (Å²) in [5.41, 5.74) is 7.48. The first-order valence-electron chi connectivity index (χ1n) is 6.86. The minimum absolute atomic E-state index is 0.0212. The molecule has 1 amide bonds. The van der Waals surface area contributed by atoms with E-state index < -0.39 is 0 Å². The molecule has 20 heavy (non-hydrogen) atoms. The topological polar surface area (TPSA) is 60.1 Å². The Hall–Kier alpha value is -2.07. The number of carbonyl (C=O) groups is 1. The minimum atomic E-state index is -0.162. The number of hydrogen-bond acceptors (Lipinski definition) is 2. The Kier molecular flexibility index (Phi) is 4.58. The zero-order valence-corrected chi connectivity index (χ0v) is 11.9. The molecule has 0 fully saturated rings. The minimum Gasteiger partial charge on any atom is -0.330 e. The van der Waals surface area contributed by atoms with Gasteiger partial charge in [-0.25, -0.2) is 0 Å². The fraction of sp³-hybridized carbons (Fsp3) is 0.312. The molecule has 4 heteroatoms. The summed E-state index contributed by atoms with van der Waals surface area (Å²) in [6.07, 6.45) is 3.94. The molecule has 0 aliphatic carbocycles. The Morgan fingerprint density at radius 1 is 1.25 bits per heavy atom. The van der Waals surface area contributed by atoms with Crippen molar-refractivity contribution >= 4 is 11.6 Å². The van der Waals surface area contributed by atoms with Gasteiger partial charge in [0, 0.05) is 30.3 Å². The summed E-state index contributed by atoms with van der Waals surface area (Å²) in [5, 5.41) is 2.94. The fourth-order valence-corrected chi connectivity index (χ4v) is 2.17. The maximum absolute atomic E-state index is 12.2. The van der Waals surface area contributed by atoms with Crippen LogP contribution in [0, 0.1) is 11.8 Å². The average molecular weight is 271 g/mol. The van der Waals surface area contributed by atoms with Crippen LogP contribution in [-0.2, 0) is 4.79 Å². The Morgan fingerprint density at radius 2 is 1.95 bits per heavy atom. The van der Waals surface area contributed by atoms with E-state index in [2.05, 4.69) is 5.32 Å². The van der Waals surface area contributed by atoms with E-state index in [1.807, 2.05) is 67.2 Å². The summed E-state index contributed by atoms with van der Waals surface area (Å²) in [4.78, 5) is 12.2. The number of hydrogen-bond donors (Lipinski definition) is 2. The summed E-state index contributed by atoms with van der Waals surface area (Å²) in [6, 6.07) is 11.7. The predicted molar refractivity (Wildman–Crippen MR) is 81.8 cm³/mol. The van der Waals surface area contributed by atoms with Crippen LogP contribution < -0.4 is 11.1 Å². The van der Waals surface area contributed by atoms with E-state index in [-0.39, 0.29) is 17.7 Å². The van der Waals surface area contributed by atoms with Crippen molar-refractivity contribution in [3.63, 3.8) is 0 Å². The number of anilines is 1. The molecule has 1 aromatic carbocycles. The van der Waals surface area contributed by atoms with Crippen LogP contribution in [0.2, 0.25) is 0 Å². The van der Waals surface area contributed by atoms with Gasteiger partial charge < -0.3 is 15.6 Å². The number of nitrogens with zero attached hydrogens (tertiary/aromatic N) is 1. The molecule has 1 aromatic heterocycles. The van der Waals surface area contributed by atoms with Crippen LogP contribution in [0.4, 0.5) is 5.69 Å². The molecule has 0 bridgehead atoms. The second-order valence-electron chi connectivity index (χ2n) is 5.22. The smallest absolute Gasteiger partial charge is 0.229 e. The van der Waals surface area contributed by atoms with Crippen molar-refractivity contribution in [1.82, 2.24) is 4.57 Å². The SMILES string of the molecule is CC(C)C(CN)C(=O)Nc1cccc(-n2cccc2)c1. The predicted octanol–water partition coefficient (Wildman–Crippen LogP) is 2.65. The van der Waals surface area contributed by atoms with Crippen molar-refractivity contribution in [2.24, 2.45) is 17.6 Å². The molecule has 1 atom stereocenters. The molecule has 0 spiro atoms. The highest BCUT2D eigenvalue weighted by Gasteiger charge is 2.20. The molecule has 1 unspecified atom stereocenters. The lowest BCUT2D eigenvalue weighted by Crippen LogP contribution is -2.33. The molecule has 3 N–H and O–H groups in total. The van der Waals surface area contributed by atoms with E-state index >= 15 is 0 Å². The molecule has 2 rings (SSSR count). The maximum Gasteiger partial charge on any atom is 0.229 e. The van der Waals surface area contributed by atoms with Gasteiger partial charge in [-0.2, -0.15) is 0 Å². The lowest BCUT2D eigenvalue weighted by atomic mass is 9.95. The van der Waals surface area contributed by atoms with E-state index in [0.717, 1.165) is 11.4 Å². The molecule has 4 nitrogen and oxygen atoms in total. The van der Waals surface area contributed by atoms with Gasteiger partial charge in [-0.3, -0.25) is 4.79 Å². The quantitative estimate of drug-likeness (QED) is 0.878. The monoisotopic (exact) mass is 271 g/mol. The molecule has 1 heterocycles. The fourth-order valence-electron chi connectivity index (χ4n) is 2.17. The number of rotatable bonds is 5. The molecule has 0 aliphatic heterocycles. The van der Waals surface area contributed by atoms with Crippen LogP contribution in [0.3, 0.4) is 0 Å². The van der Waals surface area contributed by atoms with E-state index in [0.29, 0.717) is 6.54 Å². The summed E-state index contributed by atoms with van der Waals surface area (Å²) in [5.74, 6) is 0.0463. The first kappa shape index (κ1) is 14.3. The van der Waals surface area contributed by atoms with E-state index in [9.17, 15) is 4.79 Å². The van der Waals surface area contributed by atoms with Gasteiger partial charge in [0.05, 0.1) is 5.92 Å². The van der Waals surface area contributed by atoms with E-state index in [1.54, 1.807) is 0 Å². The van der Waals surface area contributed by atoms with Crippen LogP contribution in [0.25, 0.3) is 5.69 Å². The third-order valence-electron chi connectivity index (χ3n) is 3.41. The molecular weight excluding hydrogens is 250 g/mol. The number of benzene rings is 1. The van der Waals surface area contributed by atoms with Crippen LogP contribution in [-0.4, -0.2) is 17.0 Å². The lowest BCUT2D eigenvalue weighted by molar-refractivity contribution is -0.120. The van der Waals surface area contributed by atoms with Gasteiger partial charge >= 0.3 is 0 Å². The van der Waals surface area contributed by atoms with E-state index in [4.69, 9.17) is 5.73 Å². The van der Waals surface area contributed by atoms with Gasteiger partial charge in [-0.1, -0.05) is 19.9 Å². The van der Waals surface area contributed by atoms with Crippen LogP contribution in [0.5, 0.6) is 0 Å².